The van der Waals surface area contributed by atoms with Crippen molar-refractivity contribution in [1.82, 2.24) is 5.32 Å². The highest BCUT2D eigenvalue weighted by atomic mass is 127. The van der Waals surface area contributed by atoms with Gasteiger partial charge in [-0.25, -0.2) is 4.79 Å². The third-order valence-corrected chi connectivity index (χ3v) is 3.87. The lowest BCUT2D eigenvalue weighted by atomic mass is 9.93. The highest BCUT2D eigenvalue weighted by molar-refractivity contribution is 14.1. The van der Waals surface area contributed by atoms with E-state index in [0.717, 1.165) is 34.9 Å². The third kappa shape index (κ3) is 3.84. The van der Waals surface area contributed by atoms with Crippen LogP contribution in [-0.2, 0) is 0 Å². The molecule has 2 rings (SSSR count). The molecule has 1 aromatic rings. The molecule has 2 atom stereocenters. The molecule has 0 saturated heterocycles. The fraction of sp³-hybridized carbons (Fsp3) is 0.462. The van der Waals surface area contributed by atoms with Crippen LogP contribution in [-0.4, -0.2) is 23.3 Å². The van der Waals surface area contributed by atoms with Crippen molar-refractivity contribution in [1.29, 1.82) is 0 Å². The van der Waals surface area contributed by atoms with Gasteiger partial charge in [-0.3, -0.25) is 0 Å². The van der Waals surface area contributed by atoms with E-state index in [1.54, 1.807) is 0 Å². The standard InChI is InChI=1S/C13H17IN2O2/c14-9-5-7-10(8-6-9)15-13(18)16-11-3-1-2-4-12(11)17/h5-8,11-12,17H,1-4H2,(H2,15,16,18)/t11-,12-/m0/s1. The SMILES string of the molecule is O=C(Nc1ccc(I)cc1)N[C@H]1CCCC[C@@H]1O. The van der Waals surface area contributed by atoms with Crippen LogP contribution in [0.2, 0.25) is 0 Å². The van der Waals surface area contributed by atoms with Crippen molar-refractivity contribution in [3.05, 3.63) is 27.8 Å². The summed E-state index contributed by atoms with van der Waals surface area (Å²) < 4.78 is 1.13. The first-order chi connectivity index (χ1) is 8.65. The Morgan fingerprint density at radius 1 is 1.22 bits per heavy atom. The van der Waals surface area contributed by atoms with E-state index in [1.165, 1.54) is 0 Å². The summed E-state index contributed by atoms with van der Waals surface area (Å²) in [5, 5.41) is 15.4. The van der Waals surface area contributed by atoms with Crippen LogP contribution in [0.25, 0.3) is 0 Å². The number of urea groups is 1. The molecule has 0 radical (unpaired) electrons. The molecule has 0 aromatic heterocycles. The molecule has 5 heteroatoms. The second-order valence-electron chi connectivity index (χ2n) is 4.56. The Balaban J connectivity index is 1.86. The summed E-state index contributed by atoms with van der Waals surface area (Å²) in [4.78, 5) is 11.8. The molecule has 1 aliphatic carbocycles. The van der Waals surface area contributed by atoms with Crippen LogP contribution in [0.3, 0.4) is 0 Å². The Hall–Kier alpha value is -0.820. The van der Waals surface area contributed by atoms with E-state index in [9.17, 15) is 9.90 Å². The summed E-state index contributed by atoms with van der Waals surface area (Å²) in [6.07, 6.45) is 3.31. The van der Waals surface area contributed by atoms with Gasteiger partial charge in [0.25, 0.3) is 0 Å². The van der Waals surface area contributed by atoms with Crippen LogP contribution in [0.4, 0.5) is 10.5 Å². The fourth-order valence-electron chi connectivity index (χ4n) is 2.15. The smallest absolute Gasteiger partial charge is 0.319 e. The zero-order valence-corrected chi connectivity index (χ0v) is 12.2. The van der Waals surface area contributed by atoms with Crippen molar-refractivity contribution in [2.75, 3.05) is 5.32 Å². The maximum atomic E-state index is 11.8. The minimum atomic E-state index is -0.416. The van der Waals surface area contributed by atoms with E-state index in [4.69, 9.17) is 0 Å². The number of anilines is 1. The van der Waals surface area contributed by atoms with Crippen LogP contribution < -0.4 is 10.6 Å². The molecule has 0 aliphatic heterocycles. The normalized spacial score (nSPS) is 23.4. The number of amides is 2. The van der Waals surface area contributed by atoms with Gasteiger partial charge in [0, 0.05) is 9.26 Å². The lowest BCUT2D eigenvalue weighted by molar-refractivity contribution is 0.0955. The zero-order chi connectivity index (χ0) is 13.0. The second kappa shape index (κ2) is 6.38. The predicted octanol–water partition coefficient (Wildman–Crippen LogP) is 2.72. The van der Waals surface area contributed by atoms with Gasteiger partial charge in [-0.2, -0.15) is 0 Å². The van der Waals surface area contributed by atoms with E-state index in [2.05, 4.69) is 33.2 Å². The molecule has 1 aromatic carbocycles. The maximum absolute atomic E-state index is 11.8. The fourth-order valence-corrected chi connectivity index (χ4v) is 2.51. The summed E-state index contributed by atoms with van der Waals surface area (Å²) >= 11 is 2.22. The van der Waals surface area contributed by atoms with Crippen molar-refractivity contribution in [3.8, 4) is 0 Å². The molecule has 1 aliphatic rings. The maximum Gasteiger partial charge on any atom is 0.319 e. The highest BCUT2D eigenvalue weighted by Crippen LogP contribution is 2.18. The molecule has 3 N–H and O–H groups in total. The van der Waals surface area contributed by atoms with Crippen molar-refractivity contribution in [2.24, 2.45) is 0 Å². The first kappa shape index (κ1) is 13.6. The number of aliphatic hydroxyl groups excluding tert-OH is 1. The van der Waals surface area contributed by atoms with Gasteiger partial charge in [0.05, 0.1) is 12.1 Å². The quantitative estimate of drug-likeness (QED) is 0.711. The molecule has 2 amide bonds. The Bertz CT molecular complexity index is 408. The molecule has 1 saturated carbocycles. The summed E-state index contributed by atoms with van der Waals surface area (Å²) in [6, 6.07) is 7.22. The summed E-state index contributed by atoms with van der Waals surface area (Å²) in [5.74, 6) is 0. The molecule has 0 heterocycles. The molecular weight excluding hydrogens is 343 g/mol. The average molecular weight is 360 g/mol. The number of rotatable bonds is 2. The lowest BCUT2D eigenvalue weighted by Gasteiger charge is -2.28. The van der Waals surface area contributed by atoms with E-state index >= 15 is 0 Å². The van der Waals surface area contributed by atoms with Gasteiger partial charge < -0.3 is 15.7 Å². The molecular formula is C13H17IN2O2. The Morgan fingerprint density at radius 3 is 2.56 bits per heavy atom. The Morgan fingerprint density at radius 2 is 1.89 bits per heavy atom. The number of halogens is 1. The molecule has 0 bridgehead atoms. The summed E-state index contributed by atoms with van der Waals surface area (Å²) in [6.45, 7) is 0. The van der Waals surface area contributed by atoms with Gasteiger partial charge in [0.2, 0.25) is 0 Å². The van der Waals surface area contributed by atoms with Crippen LogP contribution in [0.15, 0.2) is 24.3 Å². The number of hydrogen-bond donors (Lipinski definition) is 3. The molecule has 98 valence electrons. The largest absolute Gasteiger partial charge is 0.391 e. The van der Waals surface area contributed by atoms with E-state index in [0.29, 0.717) is 0 Å². The Labute approximate surface area is 120 Å². The van der Waals surface area contributed by atoms with E-state index in [1.807, 2.05) is 24.3 Å². The van der Waals surface area contributed by atoms with Crippen molar-refractivity contribution >= 4 is 34.3 Å². The number of aliphatic hydroxyl groups is 1. The minimum Gasteiger partial charge on any atom is -0.391 e. The van der Waals surface area contributed by atoms with Crippen LogP contribution >= 0.6 is 22.6 Å². The number of nitrogens with one attached hydrogen (secondary N) is 2. The monoisotopic (exact) mass is 360 g/mol. The number of carbonyl (C=O) groups excluding carboxylic acids is 1. The second-order valence-corrected chi connectivity index (χ2v) is 5.81. The number of hydrogen-bond acceptors (Lipinski definition) is 2. The molecule has 18 heavy (non-hydrogen) atoms. The van der Waals surface area contributed by atoms with Crippen LogP contribution in [0.5, 0.6) is 0 Å². The van der Waals surface area contributed by atoms with Crippen LogP contribution in [0, 0.1) is 3.57 Å². The first-order valence-electron chi connectivity index (χ1n) is 6.16. The Kier molecular flexibility index (Phi) is 4.82. The van der Waals surface area contributed by atoms with Crippen LogP contribution in [0.1, 0.15) is 25.7 Å². The van der Waals surface area contributed by atoms with Crippen molar-refractivity contribution < 1.29 is 9.90 Å². The van der Waals surface area contributed by atoms with Crippen molar-refractivity contribution in [3.63, 3.8) is 0 Å². The highest BCUT2D eigenvalue weighted by Gasteiger charge is 2.24. The first-order valence-corrected chi connectivity index (χ1v) is 7.24. The summed E-state index contributed by atoms with van der Waals surface area (Å²) in [5.41, 5.74) is 0.762. The third-order valence-electron chi connectivity index (χ3n) is 3.15. The van der Waals surface area contributed by atoms with Gasteiger partial charge in [-0.05, 0) is 59.7 Å². The van der Waals surface area contributed by atoms with E-state index < -0.39 is 6.10 Å². The van der Waals surface area contributed by atoms with E-state index in [-0.39, 0.29) is 12.1 Å². The van der Waals surface area contributed by atoms with Crippen molar-refractivity contribution in [2.45, 2.75) is 37.8 Å². The van der Waals surface area contributed by atoms with Gasteiger partial charge in [0.15, 0.2) is 0 Å². The summed E-state index contributed by atoms with van der Waals surface area (Å²) in [7, 11) is 0. The molecule has 1 fully saturated rings. The minimum absolute atomic E-state index is 0.123. The zero-order valence-electron chi connectivity index (χ0n) is 10.0. The van der Waals surface area contributed by atoms with Gasteiger partial charge >= 0.3 is 6.03 Å². The van der Waals surface area contributed by atoms with Gasteiger partial charge in [-0.1, -0.05) is 12.8 Å². The lowest BCUT2D eigenvalue weighted by Crippen LogP contribution is -2.46. The molecule has 0 unspecified atom stereocenters. The van der Waals surface area contributed by atoms with Gasteiger partial charge in [-0.15, -0.1) is 0 Å². The molecule has 0 spiro atoms. The number of benzene rings is 1. The van der Waals surface area contributed by atoms with Gasteiger partial charge in [0.1, 0.15) is 0 Å². The predicted molar refractivity (Wildman–Crippen MR) is 79.6 cm³/mol. The number of carbonyl (C=O) groups is 1. The topological polar surface area (TPSA) is 61.4 Å². The molecule has 4 nitrogen and oxygen atoms in total. The average Bonchev–Trinajstić information content (AvgIpc) is 2.35.